The molecule has 8 unspecified atom stereocenters. The summed E-state index contributed by atoms with van der Waals surface area (Å²) < 4.78 is 22.0. The Hall–Kier alpha value is -1.94. The number of hydrogen-bond acceptors (Lipinski definition) is 8. The van der Waals surface area contributed by atoms with Crippen molar-refractivity contribution >= 4 is 81.5 Å². The second kappa shape index (κ2) is 14.2. The van der Waals surface area contributed by atoms with E-state index in [1.54, 1.807) is 0 Å². The van der Waals surface area contributed by atoms with E-state index in [-0.39, 0.29) is 58.8 Å². The van der Waals surface area contributed by atoms with E-state index in [9.17, 15) is 19.8 Å². The van der Waals surface area contributed by atoms with Crippen LogP contribution in [0.15, 0.2) is 10.1 Å². The van der Waals surface area contributed by atoms with Gasteiger partial charge < -0.3 is 29.2 Å². The lowest BCUT2D eigenvalue weighted by molar-refractivity contribution is -0.161. The lowest BCUT2D eigenvalue weighted by Gasteiger charge is -2.35. The Balaban J connectivity index is 1.17. The number of hydrogen-bond donors (Lipinski definition) is 2. The van der Waals surface area contributed by atoms with Crippen LogP contribution in [0.5, 0.6) is 23.0 Å². The highest BCUT2D eigenvalue weighted by molar-refractivity contribution is 6.66. The molecule has 1 saturated carbocycles. The van der Waals surface area contributed by atoms with Gasteiger partial charge in [0.2, 0.25) is 0 Å². The highest BCUT2D eigenvalue weighted by atomic mass is 35.5. The Labute approximate surface area is 340 Å². The molecular weight excluding hydrogens is 809 g/mol. The third-order valence-electron chi connectivity index (χ3n) is 12.5. The van der Waals surface area contributed by atoms with Crippen molar-refractivity contribution in [3.63, 3.8) is 0 Å². The average Bonchev–Trinajstić information content (AvgIpc) is 3.32. The molecule has 2 aliphatic carbocycles. The average molecular weight is 853 g/mol. The van der Waals surface area contributed by atoms with Gasteiger partial charge in [-0.1, -0.05) is 46.4 Å². The van der Waals surface area contributed by atoms with E-state index >= 15 is 0 Å². The molecule has 2 aliphatic heterocycles. The Morgan fingerprint density at radius 2 is 0.981 bits per heavy atom. The van der Waals surface area contributed by atoms with Crippen LogP contribution in [0.25, 0.3) is 0 Å². The Bertz CT molecular complexity index is 1790. The van der Waals surface area contributed by atoms with Crippen LogP contribution < -0.4 is 9.47 Å². The summed E-state index contributed by atoms with van der Waals surface area (Å²) in [5.74, 6) is -2.93. The first-order valence-corrected chi connectivity index (χ1v) is 20.0. The third kappa shape index (κ3) is 5.89. The summed E-state index contributed by atoms with van der Waals surface area (Å²) in [5.41, 5.74) is 6.67. The van der Waals surface area contributed by atoms with Crippen LogP contribution in [0.4, 0.5) is 0 Å². The first-order valence-electron chi connectivity index (χ1n) is 17.8. The monoisotopic (exact) mass is 850 g/mol. The lowest BCUT2D eigenvalue weighted by Crippen LogP contribution is -2.46. The summed E-state index contributed by atoms with van der Waals surface area (Å²) in [6, 6.07) is 0. The zero-order valence-electron chi connectivity index (χ0n) is 30.8. The molecule has 290 valence electrons. The number of allylic oxidation sites excluding steroid dienone is 2. The minimum atomic E-state index is -2.19. The standard InChI is InChI=1S/C39H44Cl6O8/c1-15-17(3)31-25(19(5)29(15)46)13-23(21(7)52-31)9-11-50-35(48)27-28(38(43)34(41)33(40)37(27,42)39(38,44)45)36(49)51-12-10-24-14-26-20(6)30(47)16(2)18(4)32(26)53-22(24)8/h21-24,27-28,46-47H,9-14H2,1-8H3. The minimum Gasteiger partial charge on any atom is -0.507 e. The van der Waals surface area contributed by atoms with Crippen LogP contribution in [0.2, 0.25) is 0 Å². The van der Waals surface area contributed by atoms with E-state index in [0.717, 1.165) is 56.0 Å². The molecule has 0 saturated heterocycles. The number of fused-ring (bicyclic) bond motifs is 4. The van der Waals surface area contributed by atoms with Crippen LogP contribution >= 0.6 is 69.6 Å². The van der Waals surface area contributed by atoms with Gasteiger partial charge in [0.1, 0.15) is 32.7 Å². The summed E-state index contributed by atoms with van der Waals surface area (Å²) in [4.78, 5) is 23.8. The van der Waals surface area contributed by atoms with Crippen LogP contribution in [-0.4, -0.2) is 61.7 Å². The largest absolute Gasteiger partial charge is 0.507 e. The van der Waals surface area contributed by atoms with Gasteiger partial charge in [0.25, 0.3) is 0 Å². The van der Waals surface area contributed by atoms with Gasteiger partial charge in [-0.25, -0.2) is 0 Å². The normalized spacial score (nSPS) is 31.1. The van der Waals surface area contributed by atoms with Crippen molar-refractivity contribution < 1.29 is 38.7 Å². The number of aromatic hydroxyl groups is 2. The van der Waals surface area contributed by atoms with Gasteiger partial charge in [-0.3, -0.25) is 9.59 Å². The molecule has 0 spiro atoms. The van der Waals surface area contributed by atoms with E-state index in [2.05, 4.69) is 0 Å². The van der Waals surface area contributed by atoms with Gasteiger partial charge in [-0.2, -0.15) is 0 Å². The maximum Gasteiger partial charge on any atom is 0.312 e. The van der Waals surface area contributed by atoms with Gasteiger partial charge in [0.05, 0.1) is 47.3 Å². The summed E-state index contributed by atoms with van der Waals surface area (Å²) in [6.45, 7) is 15.1. The highest BCUT2D eigenvalue weighted by Crippen LogP contribution is 2.76. The molecule has 0 amide bonds. The quantitative estimate of drug-likeness (QED) is 0.200. The van der Waals surface area contributed by atoms with Crippen LogP contribution in [0.1, 0.15) is 71.2 Å². The van der Waals surface area contributed by atoms with Gasteiger partial charge in [-0.05, 0) is 114 Å². The molecule has 0 aromatic heterocycles. The van der Waals surface area contributed by atoms with Gasteiger partial charge in [-0.15, -0.1) is 23.2 Å². The van der Waals surface area contributed by atoms with E-state index < -0.39 is 37.9 Å². The molecular formula is C39H44Cl6O8. The molecule has 0 radical (unpaired) electrons. The Kier molecular flexibility index (Phi) is 10.9. The van der Waals surface area contributed by atoms with Crippen LogP contribution in [0, 0.1) is 65.2 Å². The second-order valence-corrected chi connectivity index (χ2v) is 18.4. The molecule has 2 bridgehead atoms. The molecule has 2 aromatic rings. The topological polar surface area (TPSA) is 112 Å². The fourth-order valence-electron chi connectivity index (χ4n) is 8.62. The molecule has 2 N–H and O–H groups in total. The number of carbonyl (C=O) groups excluding carboxylic acids is 2. The number of phenolic OH excluding ortho intramolecular Hbond substituents is 2. The lowest BCUT2D eigenvalue weighted by atomic mass is 9.81. The van der Waals surface area contributed by atoms with Crippen molar-refractivity contribution in [1.82, 2.24) is 0 Å². The highest BCUT2D eigenvalue weighted by Gasteiger charge is 2.86. The zero-order chi connectivity index (χ0) is 39.3. The van der Waals surface area contributed by atoms with Gasteiger partial charge >= 0.3 is 11.9 Å². The fraction of sp³-hybridized carbons (Fsp3) is 0.590. The van der Waals surface area contributed by atoms with Crippen molar-refractivity contribution in [3.8, 4) is 23.0 Å². The number of phenols is 2. The Morgan fingerprint density at radius 1 is 0.642 bits per heavy atom. The van der Waals surface area contributed by atoms with Crippen LogP contribution in [0.3, 0.4) is 0 Å². The summed E-state index contributed by atoms with van der Waals surface area (Å²) in [5, 5.41) is 20.9. The summed E-state index contributed by atoms with van der Waals surface area (Å²) in [7, 11) is 0. The van der Waals surface area contributed by atoms with Crippen molar-refractivity contribution in [2.45, 2.75) is 107 Å². The third-order valence-corrected chi connectivity index (χ3v) is 16.7. The molecule has 4 aliphatic rings. The van der Waals surface area contributed by atoms with E-state index in [1.165, 1.54) is 0 Å². The maximum absolute atomic E-state index is 14.0. The molecule has 1 fully saturated rings. The maximum atomic E-state index is 14.0. The molecule has 53 heavy (non-hydrogen) atoms. The number of ether oxygens (including phenoxy) is 4. The number of esters is 2. The number of benzene rings is 2. The molecule has 8 atom stereocenters. The Morgan fingerprint density at radius 3 is 1.32 bits per heavy atom. The zero-order valence-corrected chi connectivity index (χ0v) is 35.4. The molecule has 2 heterocycles. The van der Waals surface area contributed by atoms with E-state index in [4.69, 9.17) is 88.6 Å². The number of carbonyl (C=O) groups is 2. The van der Waals surface area contributed by atoms with Crippen molar-refractivity contribution in [2.75, 3.05) is 13.2 Å². The number of rotatable bonds is 8. The first kappa shape index (κ1) is 40.7. The van der Waals surface area contributed by atoms with E-state index in [0.29, 0.717) is 25.7 Å². The SMILES string of the molecule is Cc1c(C)c2c(c(C)c1O)CC(CCOC(=O)C1C(C(=O)OCCC3Cc4c(C)c(O)c(C)c(C)c4OC3C)C3(Cl)C(Cl)=C(Cl)C1(Cl)C3(Cl)Cl)C(C)O2. The molecule has 14 heteroatoms. The van der Waals surface area contributed by atoms with Crippen molar-refractivity contribution in [3.05, 3.63) is 54.6 Å². The van der Waals surface area contributed by atoms with Crippen LogP contribution in [-0.2, 0) is 31.9 Å². The van der Waals surface area contributed by atoms with Crippen molar-refractivity contribution in [2.24, 2.45) is 23.7 Å². The van der Waals surface area contributed by atoms with Gasteiger partial charge in [0, 0.05) is 23.0 Å². The molecule has 8 nitrogen and oxygen atoms in total. The molecule has 2 aromatic carbocycles. The smallest absolute Gasteiger partial charge is 0.312 e. The number of alkyl halides is 4. The number of halogens is 6. The second-order valence-electron chi connectivity index (χ2n) is 15.1. The minimum absolute atomic E-state index is 0.0510. The predicted octanol–water partition coefficient (Wildman–Crippen LogP) is 9.47. The molecule has 6 rings (SSSR count). The predicted molar refractivity (Wildman–Crippen MR) is 208 cm³/mol. The van der Waals surface area contributed by atoms with Crippen molar-refractivity contribution in [1.29, 1.82) is 0 Å². The van der Waals surface area contributed by atoms with Gasteiger partial charge in [0.15, 0.2) is 4.33 Å². The fourth-order valence-corrected chi connectivity index (χ4v) is 11.5. The summed E-state index contributed by atoms with van der Waals surface area (Å²) in [6.07, 6.45) is 1.60. The van der Waals surface area contributed by atoms with E-state index in [1.807, 2.05) is 55.4 Å². The first-order chi connectivity index (χ1) is 24.6. The summed E-state index contributed by atoms with van der Waals surface area (Å²) >= 11 is 41.0.